The summed E-state index contributed by atoms with van der Waals surface area (Å²) in [4.78, 5) is 11.8. The molecule has 1 aromatic rings. The van der Waals surface area contributed by atoms with E-state index in [1.165, 1.54) is 5.56 Å². The Balaban J connectivity index is 2.40. The van der Waals surface area contributed by atoms with Crippen molar-refractivity contribution < 1.29 is 4.79 Å². The molecule has 0 spiro atoms. The quantitative estimate of drug-likeness (QED) is 0.681. The van der Waals surface area contributed by atoms with Gasteiger partial charge in [0.2, 0.25) is 5.91 Å². The molecular weight excluding hydrogens is 188 g/mol. The molecule has 3 nitrogen and oxygen atoms in total. The second-order valence-electron chi connectivity index (χ2n) is 4.74. The van der Waals surface area contributed by atoms with Gasteiger partial charge in [0.25, 0.3) is 0 Å². The molecule has 2 rings (SSSR count). The predicted molar refractivity (Wildman–Crippen MR) is 62.1 cm³/mol. The Hall–Kier alpha value is -1.51. The summed E-state index contributed by atoms with van der Waals surface area (Å²) in [5, 5.41) is 6.24. The molecule has 2 N–H and O–H groups in total. The summed E-state index contributed by atoms with van der Waals surface area (Å²) in [6, 6.07) is 5.99. The van der Waals surface area contributed by atoms with Crippen molar-refractivity contribution in [2.24, 2.45) is 5.41 Å². The Kier molecular flexibility index (Phi) is 2.18. The van der Waals surface area contributed by atoms with E-state index < -0.39 is 0 Å². The third-order valence-electron chi connectivity index (χ3n) is 2.76. The van der Waals surface area contributed by atoms with Crippen LogP contribution in [-0.4, -0.2) is 12.5 Å². The topological polar surface area (TPSA) is 41.1 Å². The van der Waals surface area contributed by atoms with Gasteiger partial charge in [0.1, 0.15) is 0 Å². The predicted octanol–water partition coefficient (Wildman–Crippen LogP) is 2.39. The summed E-state index contributed by atoms with van der Waals surface area (Å²) in [7, 11) is 0. The number of fused-ring (bicyclic) bond motifs is 1. The van der Waals surface area contributed by atoms with E-state index in [0.717, 1.165) is 11.4 Å². The molecule has 1 aromatic carbocycles. The third-order valence-corrected chi connectivity index (χ3v) is 2.76. The highest BCUT2D eigenvalue weighted by Crippen LogP contribution is 2.30. The van der Waals surface area contributed by atoms with Crippen molar-refractivity contribution in [3.63, 3.8) is 0 Å². The number of hydrogen-bond acceptors (Lipinski definition) is 2. The first kappa shape index (κ1) is 10.0. The first-order valence-corrected chi connectivity index (χ1v) is 5.15. The molecule has 0 saturated carbocycles. The number of nitrogens with one attached hydrogen (secondary N) is 2. The summed E-state index contributed by atoms with van der Waals surface area (Å²) >= 11 is 0. The fourth-order valence-electron chi connectivity index (χ4n) is 1.60. The summed E-state index contributed by atoms with van der Waals surface area (Å²) in [5.41, 5.74) is 2.70. The minimum Gasteiger partial charge on any atom is -0.382 e. The van der Waals surface area contributed by atoms with Crippen LogP contribution in [0.5, 0.6) is 0 Å². The van der Waals surface area contributed by atoms with Crippen LogP contribution >= 0.6 is 0 Å². The molecule has 1 amide bonds. The Morgan fingerprint density at radius 3 is 2.73 bits per heavy atom. The normalized spacial score (nSPS) is 18.5. The number of benzene rings is 1. The molecule has 0 aromatic heterocycles. The van der Waals surface area contributed by atoms with Gasteiger partial charge in [-0.25, -0.2) is 0 Å². The van der Waals surface area contributed by atoms with Gasteiger partial charge in [0.05, 0.1) is 16.8 Å². The van der Waals surface area contributed by atoms with E-state index in [4.69, 9.17) is 0 Å². The van der Waals surface area contributed by atoms with Crippen molar-refractivity contribution in [1.29, 1.82) is 0 Å². The summed E-state index contributed by atoms with van der Waals surface area (Å²) in [6.07, 6.45) is 0. The fraction of sp³-hybridized carbons (Fsp3) is 0.417. The molecule has 1 heterocycles. The van der Waals surface area contributed by atoms with Gasteiger partial charge in [-0.15, -0.1) is 0 Å². The zero-order chi connectivity index (χ0) is 11.1. The van der Waals surface area contributed by atoms with Crippen LogP contribution in [0.25, 0.3) is 0 Å². The van der Waals surface area contributed by atoms with E-state index in [1.54, 1.807) is 0 Å². The molecule has 0 atom stereocenters. The lowest BCUT2D eigenvalue weighted by Crippen LogP contribution is -2.34. The molecule has 0 unspecified atom stereocenters. The van der Waals surface area contributed by atoms with Crippen molar-refractivity contribution in [2.45, 2.75) is 20.8 Å². The zero-order valence-corrected chi connectivity index (χ0v) is 9.35. The van der Waals surface area contributed by atoms with Gasteiger partial charge in [0, 0.05) is 6.54 Å². The lowest BCUT2D eigenvalue weighted by atomic mass is 9.93. The summed E-state index contributed by atoms with van der Waals surface area (Å²) in [5.74, 6) is 0.0672. The minimum absolute atomic E-state index is 0.0672. The molecular formula is C12H16N2O. The first-order chi connectivity index (χ1) is 6.99. The highest BCUT2D eigenvalue weighted by molar-refractivity contribution is 5.99. The first-order valence-electron chi connectivity index (χ1n) is 5.15. The second-order valence-corrected chi connectivity index (χ2v) is 4.74. The van der Waals surface area contributed by atoms with E-state index in [1.807, 2.05) is 32.9 Å². The average Bonchev–Trinajstić information content (AvgIpc) is 2.27. The van der Waals surface area contributed by atoms with Crippen LogP contribution in [0.1, 0.15) is 19.4 Å². The second kappa shape index (κ2) is 3.26. The molecule has 15 heavy (non-hydrogen) atoms. The van der Waals surface area contributed by atoms with Gasteiger partial charge in [-0.3, -0.25) is 4.79 Å². The number of carbonyl (C=O) groups is 1. The van der Waals surface area contributed by atoms with Crippen molar-refractivity contribution in [1.82, 2.24) is 0 Å². The van der Waals surface area contributed by atoms with Crippen LogP contribution < -0.4 is 10.6 Å². The Morgan fingerprint density at radius 1 is 1.27 bits per heavy atom. The lowest BCUT2D eigenvalue weighted by molar-refractivity contribution is -0.123. The summed E-state index contributed by atoms with van der Waals surface area (Å²) in [6.45, 7) is 6.58. The average molecular weight is 204 g/mol. The molecule has 1 aliphatic heterocycles. The summed E-state index contributed by atoms with van der Waals surface area (Å²) < 4.78 is 0. The van der Waals surface area contributed by atoms with Crippen molar-refractivity contribution in [3.8, 4) is 0 Å². The highest BCUT2D eigenvalue weighted by atomic mass is 16.2. The van der Waals surface area contributed by atoms with Gasteiger partial charge in [0.15, 0.2) is 0 Å². The molecule has 0 fully saturated rings. The van der Waals surface area contributed by atoms with E-state index in [-0.39, 0.29) is 11.3 Å². The van der Waals surface area contributed by atoms with E-state index >= 15 is 0 Å². The monoisotopic (exact) mass is 204 g/mol. The van der Waals surface area contributed by atoms with Crippen LogP contribution in [-0.2, 0) is 4.79 Å². The number of carbonyl (C=O) groups excluding carboxylic acids is 1. The van der Waals surface area contributed by atoms with Gasteiger partial charge < -0.3 is 10.6 Å². The van der Waals surface area contributed by atoms with Crippen molar-refractivity contribution >= 4 is 17.3 Å². The van der Waals surface area contributed by atoms with Crippen molar-refractivity contribution in [2.75, 3.05) is 17.2 Å². The maximum Gasteiger partial charge on any atom is 0.231 e. The third kappa shape index (κ3) is 1.82. The molecule has 0 aliphatic carbocycles. The number of rotatable bonds is 0. The van der Waals surface area contributed by atoms with Crippen LogP contribution in [0.15, 0.2) is 18.2 Å². The Morgan fingerprint density at radius 2 is 2.00 bits per heavy atom. The maximum absolute atomic E-state index is 11.8. The van der Waals surface area contributed by atoms with Crippen LogP contribution in [0.2, 0.25) is 0 Å². The number of amides is 1. The fourth-order valence-corrected chi connectivity index (χ4v) is 1.60. The van der Waals surface area contributed by atoms with E-state index in [0.29, 0.717) is 6.54 Å². The smallest absolute Gasteiger partial charge is 0.231 e. The largest absolute Gasteiger partial charge is 0.382 e. The van der Waals surface area contributed by atoms with Crippen LogP contribution in [0.3, 0.4) is 0 Å². The van der Waals surface area contributed by atoms with Gasteiger partial charge in [-0.05, 0) is 38.5 Å². The number of aryl methyl sites for hydroxylation is 1. The van der Waals surface area contributed by atoms with Gasteiger partial charge >= 0.3 is 0 Å². The molecule has 0 radical (unpaired) electrons. The number of anilines is 2. The lowest BCUT2D eigenvalue weighted by Gasteiger charge is -2.19. The van der Waals surface area contributed by atoms with Gasteiger partial charge in [-0.1, -0.05) is 6.07 Å². The molecule has 0 bridgehead atoms. The molecule has 1 aliphatic rings. The minimum atomic E-state index is -0.368. The molecule has 3 heteroatoms. The van der Waals surface area contributed by atoms with Gasteiger partial charge in [-0.2, -0.15) is 0 Å². The standard InChI is InChI=1S/C12H16N2O/c1-8-4-5-9-10(6-8)13-7-12(2,3)11(15)14-9/h4-6,13H,7H2,1-3H3,(H,14,15). The Labute approximate surface area is 89.9 Å². The van der Waals surface area contributed by atoms with Crippen molar-refractivity contribution in [3.05, 3.63) is 23.8 Å². The van der Waals surface area contributed by atoms with E-state index in [9.17, 15) is 4.79 Å². The number of hydrogen-bond donors (Lipinski definition) is 2. The highest BCUT2D eigenvalue weighted by Gasteiger charge is 2.30. The van der Waals surface area contributed by atoms with Crippen LogP contribution in [0.4, 0.5) is 11.4 Å². The molecule has 0 saturated heterocycles. The SMILES string of the molecule is Cc1ccc2c(c1)NCC(C)(C)C(=O)N2. The zero-order valence-electron chi connectivity index (χ0n) is 9.35. The maximum atomic E-state index is 11.8. The van der Waals surface area contributed by atoms with E-state index in [2.05, 4.69) is 16.7 Å². The molecule has 80 valence electrons. The van der Waals surface area contributed by atoms with Crippen LogP contribution in [0, 0.1) is 12.3 Å². The Bertz CT molecular complexity index is 410.